The molecule has 0 aliphatic rings. The summed E-state index contributed by atoms with van der Waals surface area (Å²) in [5.41, 5.74) is 6.35. The molecule has 1 amide bonds. The highest BCUT2D eigenvalue weighted by Gasteiger charge is 2.09. The zero-order chi connectivity index (χ0) is 12.8. The van der Waals surface area contributed by atoms with E-state index in [1.807, 2.05) is 31.3 Å². The number of amides is 1. The molecule has 2 unspecified atom stereocenters. The van der Waals surface area contributed by atoms with Gasteiger partial charge < -0.3 is 15.8 Å². The number of nitrogens with two attached hydrogens (primary N) is 1. The van der Waals surface area contributed by atoms with E-state index in [1.54, 1.807) is 6.92 Å². The van der Waals surface area contributed by atoms with Crippen LogP contribution in [0, 0.1) is 5.92 Å². The van der Waals surface area contributed by atoms with Crippen LogP contribution in [0.5, 0.6) is 5.75 Å². The monoisotopic (exact) mass is 236 g/mol. The molecule has 0 fully saturated rings. The van der Waals surface area contributed by atoms with Gasteiger partial charge in [-0.1, -0.05) is 19.1 Å². The summed E-state index contributed by atoms with van der Waals surface area (Å²) in [5.74, 6) is 0.140. The lowest BCUT2D eigenvalue weighted by Gasteiger charge is -2.13. The smallest absolute Gasteiger partial charge is 0.223 e. The van der Waals surface area contributed by atoms with Crippen molar-refractivity contribution in [3.8, 4) is 5.75 Å². The number of rotatable bonds is 6. The summed E-state index contributed by atoms with van der Waals surface area (Å²) in [6.07, 6.45) is 0. The Morgan fingerprint density at radius 3 is 2.41 bits per heavy atom. The summed E-state index contributed by atoms with van der Waals surface area (Å²) >= 11 is 0. The van der Waals surface area contributed by atoms with Gasteiger partial charge in [0.2, 0.25) is 5.91 Å². The highest BCUT2D eigenvalue weighted by atomic mass is 16.5. The van der Waals surface area contributed by atoms with E-state index >= 15 is 0 Å². The average molecular weight is 236 g/mol. The molecule has 0 saturated carbocycles. The lowest BCUT2D eigenvalue weighted by molar-refractivity contribution is -0.122. The fourth-order valence-corrected chi connectivity index (χ4v) is 1.32. The van der Waals surface area contributed by atoms with Gasteiger partial charge in [-0.3, -0.25) is 4.79 Å². The van der Waals surface area contributed by atoms with Crippen molar-refractivity contribution in [3.63, 3.8) is 0 Å². The molecule has 4 heteroatoms. The number of nitrogens with one attached hydrogen (secondary N) is 1. The van der Waals surface area contributed by atoms with E-state index in [0.717, 1.165) is 5.75 Å². The van der Waals surface area contributed by atoms with Crippen LogP contribution in [0.15, 0.2) is 24.3 Å². The molecular weight excluding hydrogens is 216 g/mol. The van der Waals surface area contributed by atoms with E-state index < -0.39 is 0 Å². The number of hydrogen-bond acceptors (Lipinski definition) is 3. The zero-order valence-corrected chi connectivity index (χ0v) is 10.6. The van der Waals surface area contributed by atoms with Crippen LogP contribution < -0.4 is 15.8 Å². The standard InChI is InChI=1S/C13H20N2O2/c1-9(13(14)16)8-17-12-6-4-11(5-7-12)10(2)15-3/h4-7,9-10,15H,8H2,1-3H3,(H2,14,16). The lowest BCUT2D eigenvalue weighted by atomic mass is 10.1. The molecule has 0 radical (unpaired) electrons. The van der Waals surface area contributed by atoms with Crippen molar-refractivity contribution < 1.29 is 9.53 Å². The summed E-state index contributed by atoms with van der Waals surface area (Å²) in [5, 5.41) is 3.16. The molecule has 1 aromatic rings. The van der Waals surface area contributed by atoms with Crippen molar-refractivity contribution in [2.24, 2.45) is 11.7 Å². The molecular formula is C13H20N2O2. The molecule has 3 N–H and O–H groups in total. The van der Waals surface area contributed by atoms with Gasteiger partial charge in [-0.05, 0) is 31.7 Å². The topological polar surface area (TPSA) is 64.3 Å². The fraction of sp³-hybridized carbons (Fsp3) is 0.462. The van der Waals surface area contributed by atoms with Gasteiger partial charge in [0.1, 0.15) is 5.75 Å². The number of primary amides is 1. The largest absolute Gasteiger partial charge is 0.493 e. The van der Waals surface area contributed by atoms with Crippen LogP contribution in [0.3, 0.4) is 0 Å². The minimum Gasteiger partial charge on any atom is -0.493 e. The Hall–Kier alpha value is -1.55. The molecule has 2 atom stereocenters. The van der Waals surface area contributed by atoms with Crippen LogP contribution in [0.2, 0.25) is 0 Å². The van der Waals surface area contributed by atoms with Gasteiger partial charge in [0.25, 0.3) is 0 Å². The molecule has 94 valence electrons. The minimum atomic E-state index is -0.342. The molecule has 0 aromatic heterocycles. The highest BCUT2D eigenvalue weighted by Crippen LogP contribution is 2.17. The molecule has 0 saturated heterocycles. The minimum absolute atomic E-state index is 0.272. The van der Waals surface area contributed by atoms with E-state index in [2.05, 4.69) is 12.2 Å². The van der Waals surface area contributed by atoms with E-state index in [-0.39, 0.29) is 11.8 Å². The first-order valence-corrected chi connectivity index (χ1v) is 5.74. The second-order valence-electron chi connectivity index (χ2n) is 4.19. The predicted octanol–water partition coefficient (Wildman–Crippen LogP) is 1.47. The van der Waals surface area contributed by atoms with Crippen molar-refractivity contribution in [1.82, 2.24) is 5.32 Å². The molecule has 0 heterocycles. The first kappa shape index (κ1) is 13.5. The lowest BCUT2D eigenvalue weighted by Crippen LogP contribution is -2.25. The van der Waals surface area contributed by atoms with Crippen molar-refractivity contribution in [2.45, 2.75) is 19.9 Å². The molecule has 0 bridgehead atoms. The SMILES string of the molecule is CNC(C)c1ccc(OCC(C)C(N)=O)cc1. The summed E-state index contributed by atoms with van der Waals surface area (Å²) in [4.78, 5) is 10.8. The van der Waals surface area contributed by atoms with Crippen molar-refractivity contribution in [2.75, 3.05) is 13.7 Å². The first-order chi connectivity index (χ1) is 8.04. The van der Waals surface area contributed by atoms with Crippen LogP contribution in [-0.2, 0) is 4.79 Å². The van der Waals surface area contributed by atoms with Crippen molar-refractivity contribution in [3.05, 3.63) is 29.8 Å². The van der Waals surface area contributed by atoms with Crippen LogP contribution in [0.1, 0.15) is 25.5 Å². The second kappa shape index (κ2) is 6.25. The maximum absolute atomic E-state index is 10.8. The van der Waals surface area contributed by atoms with Crippen LogP contribution in [-0.4, -0.2) is 19.6 Å². The fourth-order valence-electron chi connectivity index (χ4n) is 1.32. The zero-order valence-electron chi connectivity index (χ0n) is 10.6. The van der Waals surface area contributed by atoms with Crippen LogP contribution in [0.4, 0.5) is 0 Å². The van der Waals surface area contributed by atoms with Crippen LogP contribution in [0.25, 0.3) is 0 Å². The number of carbonyl (C=O) groups excluding carboxylic acids is 1. The molecule has 0 aliphatic heterocycles. The number of carbonyl (C=O) groups is 1. The number of benzene rings is 1. The van der Waals surface area contributed by atoms with Gasteiger partial charge in [-0.25, -0.2) is 0 Å². The Bertz CT molecular complexity index is 362. The van der Waals surface area contributed by atoms with Gasteiger partial charge in [0.15, 0.2) is 0 Å². The summed E-state index contributed by atoms with van der Waals surface area (Å²) in [6, 6.07) is 8.12. The molecule has 1 aromatic carbocycles. The Morgan fingerprint density at radius 2 is 1.94 bits per heavy atom. The van der Waals surface area contributed by atoms with E-state index in [0.29, 0.717) is 12.6 Å². The summed E-state index contributed by atoms with van der Waals surface area (Å²) < 4.78 is 5.48. The number of ether oxygens (including phenoxy) is 1. The Labute approximate surface area is 102 Å². The molecule has 0 spiro atoms. The maximum atomic E-state index is 10.8. The first-order valence-electron chi connectivity index (χ1n) is 5.74. The predicted molar refractivity (Wildman–Crippen MR) is 67.8 cm³/mol. The second-order valence-corrected chi connectivity index (χ2v) is 4.19. The molecule has 1 rings (SSSR count). The summed E-state index contributed by atoms with van der Waals surface area (Å²) in [7, 11) is 1.92. The van der Waals surface area contributed by atoms with E-state index in [4.69, 9.17) is 10.5 Å². The third-order valence-electron chi connectivity index (χ3n) is 2.80. The van der Waals surface area contributed by atoms with Gasteiger partial charge >= 0.3 is 0 Å². The quantitative estimate of drug-likeness (QED) is 0.786. The van der Waals surface area contributed by atoms with Gasteiger partial charge in [0.05, 0.1) is 12.5 Å². The Kier molecular flexibility index (Phi) is 4.97. The van der Waals surface area contributed by atoms with E-state index in [9.17, 15) is 4.79 Å². The van der Waals surface area contributed by atoms with Crippen molar-refractivity contribution in [1.29, 1.82) is 0 Å². The van der Waals surface area contributed by atoms with Gasteiger partial charge in [-0.15, -0.1) is 0 Å². The molecule has 0 aliphatic carbocycles. The third kappa shape index (κ3) is 4.07. The van der Waals surface area contributed by atoms with Crippen molar-refractivity contribution >= 4 is 5.91 Å². The summed E-state index contributed by atoms with van der Waals surface area (Å²) in [6.45, 7) is 4.15. The third-order valence-corrected chi connectivity index (χ3v) is 2.80. The average Bonchev–Trinajstić information content (AvgIpc) is 2.35. The highest BCUT2D eigenvalue weighted by molar-refractivity contribution is 5.76. The van der Waals surface area contributed by atoms with Gasteiger partial charge in [0, 0.05) is 6.04 Å². The van der Waals surface area contributed by atoms with E-state index in [1.165, 1.54) is 5.56 Å². The molecule has 17 heavy (non-hydrogen) atoms. The normalized spacial score (nSPS) is 14.1. The molecule has 4 nitrogen and oxygen atoms in total. The van der Waals surface area contributed by atoms with Gasteiger partial charge in [-0.2, -0.15) is 0 Å². The maximum Gasteiger partial charge on any atom is 0.223 e. The van der Waals surface area contributed by atoms with Crippen LogP contribution >= 0.6 is 0 Å². The Morgan fingerprint density at radius 1 is 1.35 bits per heavy atom. The number of hydrogen-bond donors (Lipinski definition) is 2. The Balaban J connectivity index is 2.54.